The molecule has 2 aromatic carbocycles. The van der Waals surface area contributed by atoms with E-state index in [0.29, 0.717) is 38.8 Å². The van der Waals surface area contributed by atoms with Crippen LogP contribution in [0.5, 0.6) is 0 Å². The number of rotatable bonds is 14. The molecule has 0 spiro atoms. The number of anilines is 1. The van der Waals surface area contributed by atoms with Gasteiger partial charge in [-0.05, 0) is 75.8 Å². The lowest BCUT2D eigenvalue weighted by molar-refractivity contribution is -0.438. The number of Topliss-reactive ketones (excluding diaryl/α,β-unsaturated/α-hetero) is 1. The molecular formula is C35H45N2O7S2+. The van der Waals surface area contributed by atoms with Crippen molar-refractivity contribution in [3.63, 3.8) is 0 Å². The average Bonchev–Trinajstić information content (AvgIpc) is 3.76. The van der Waals surface area contributed by atoms with Crippen molar-refractivity contribution in [1.82, 2.24) is 0 Å². The van der Waals surface area contributed by atoms with Gasteiger partial charge in [-0.25, -0.2) is 0 Å². The van der Waals surface area contributed by atoms with Crippen LogP contribution in [0, 0.1) is 5.92 Å². The predicted octanol–water partition coefficient (Wildman–Crippen LogP) is 6.23. The van der Waals surface area contributed by atoms with E-state index in [1.165, 1.54) is 5.56 Å². The minimum Gasteiger partial charge on any atom is -0.344 e. The Labute approximate surface area is 273 Å². The Hall–Kier alpha value is -3.12. The number of carbonyl (C=O) groups excluding carboxylic acids is 1. The van der Waals surface area contributed by atoms with Crippen molar-refractivity contribution in [1.29, 1.82) is 0 Å². The normalized spacial score (nSPS) is 19.7. The summed E-state index contributed by atoms with van der Waals surface area (Å²) in [7, 11) is -8.06. The first kappa shape index (κ1) is 34.2. The molecule has 5 rings (SSSR count). The van der Waals surface area contributed by atoms with Crippen molar-refractivity contribution in [3.8, 4) is 0 Å². The van der Waals surface area contributed by atoms with Gasteiger partial charge in [-0.15, -0.1) is 0 Å². The lowest BCUT2D eigenvalue weighted by Crippen LogP contribution is -2.28. The second-order valence-electron chi connectivity index (χ2n) is 13.7. The van der Waals surface area contributed by atoms with E-state index in [0.717, 1.165) is 46.8 Å². The Balaban J connectivity index is 1.48. The SMILES string of the molecule is CC1(C)C(/C=C/C=C2/N(CCCCS(=O)(=O)O)c3ccc(C(=O)C4CC4)cc3C2(C)C)=[N+](CCCCS(=O)(=O)O)c2ccccc21. The van der Waals surface area contributed by atoms with Gasteiger partial charge >= 0.3 is 0 Å². The second-order valence-corrected chi connectivity index (χ2v) is 16.9. The fraction of sp³-hybridized carbons (Fsp3) is 0.486. The smallest absolute Gasteiger partial charge is 0.264 e. The van der Waals surface area contributed by atoms with Gasteiger partial charge in [0.15, 0.2) is 11.5 Å². The van der Waals surface area contributed by atoms with E-state index in [1.54, 1.807) is 0 Å². The summed E-state index contributed by atoms with van der Waals surface area (Å²) >= 11 is 0. The minimum absolute atomic E-state index is 0.115. The van der Waals surface area contributed by atoms with Gasteiger partial charge in [0.2, 0.25) is 5.69 Å². The van der Waals surface area contributed by atoms with Gasteiger partial charge in [0.05, 0.1) is 16.9 Å². The van der Waals surface area contributed by atoms with Gasteiger partial charge in [0, 0.05) is 59.0 Å². The number of fused-ring (bicyclic) bond motifs is 2. The number of unbranched alkanes of at least 4 members (excludes halogenated alkanes) is 2. The Morgan fingerprint density at radius 2 is 1.54 bits per heavy atom. The highest BCUT2D eigenvalue weighted by Gasteiger charge is 2.44. The average molecular weight is 670 g/mol. The van der Waals surface area contributed by atoms with Gasteiger partial charge in [0.25, 0.3) is 20.2 Å². The van der Waals surface area contributed by atoms with Crippen molar-refractivity contribution < 1.29 is 35.3 Å². The van der Waals surface area contributed by atoms with Crippen LogP contribution in [0.2, 0.25) is 0 Å². The molecule has 0 unspecified atom stereocenters. The molecular weight excluding hydrogens is 625 g/mol. The van der Waals surface area contributed by atoms with Crippen LogP contribution in [0.25, 0.3) is 0 Å². The zero-order chi connectivity index (χ0) is 33.5. The summed E-state index contributed by atoms with van der Waals surface area (Å²) in [5.41, 5.74) is 6.38. The van der Waals surface area contributed by atoms with Gasteiger partial charge in [-0.3, -0.25) is 13.9 Å². The summed E-state index contributed by atoms with van der Waals surface area (Å²) in [6.07, 6.45) is 9.92. The molecule has 1 saturated carbocycles. The largest absolute Gasteiger partial charge is 0.344 e. The van der Waals surface area contributed by atoms with Crippen LogP contribution in [0.15, 0.2) is 66.4 Å². The monoisotopic (exact) mass is 669 g/mol. The van der Waals surface area contributed by atoms with Crippen LogP contribution in [0.4, 0.5) is 11.4 Å². The molecule has 0 aromatic heterocycles. The van der Waals surface area contributed by atoms with E-state index in [1.807, 2.05) is 36.4 Å². The van der Waals surface area contributed by atoms with E-state index >= 15 is 0 Å². The van der Waals surface area contributed by atoms with Gasteiger partial charge < -0.3 is 4.90 Å². The topological polar surface area (TPSA) is 132 Å². The summed E-state index contributed by atoms with van der Waals surface area (Å²) in [5, 5.41) is 0. The molecule has 2 aromatic rings. The number of para-hydroxylation sites is 1. The first-order chi connectivity index (χ1) is 21.5. The Kier molecular flexibility index (Phi) is 9.54. The zero-order valence-corrected chi connectivity index (χ0v) is 28.7. The molecule has 3 aliphatic rings. The second kappa shape index (κ2) is 12.8. The lowest BCUT2D eigenvalue weighted by atomic mass is 9.81. The van der Waals surface area contributed by atoms with Crippen molar-refractivity contribution in [2.75, 3.05) is 29.5 Å². The number of benzene rings is 2. The molecule has 0 saturated heterocycles. The third kappa shape index (κ3) is 7.38. The first-order valence-electron chi connectivity index (χ1n) is 16.0. The molecule has 1 aliphatic carbocycles. The number of ketones is 1. The van der Waals surface area contributed by atoms with Gasteiger partial charge in [-0.2, -0.15) is 21.4 Å². The maximum absolute atomic E-state index is 13.0. The molecule has 11 heteroatoms. The highest BCUT2D eigenvalue weighted by Crippen LogP contribution is 2.49. The molecule has 1 fully saturated rings. The van der Waals surface area contributed by atoms with Crippen LogP contribution in [0.3, 0.4) is 0 Å². The summed E-state index contributed by atoms with van der Waals surface area (Å²) < 4.78 is 66.0. The van der Waals surface area contributed by atoms with Gasteiger partial charge in [0.1, 0.15) is 6.54 Å². The van der Waals surface area contributed by atoms with E-state index in [-0.39, 0.29) is 28.6 Å². The lowest BCUT2D eigenvalue weighted by Gasteiger charge is -2.27. The summed E-state index contributed by atoms with van der Waals surface area (Å²) in [6, 6.07) is 14.1. The standard InChI is InChI=1S/C35H44N2O7S2/c1-34(2)27-12-5-6-13-29(27)36(20-7-9-22-45(39,40)41)31(34)14-11-15-32-35(3,4)28-24-26(33(38)25-16-17-25)18-19-30(28)37(32)21-8-10-23-46(42,43)44/h5-6,11-15,18-19,24-25H,7-10,16-17,20-23H2,1-4H3,(H-,39,40,41,42,43,44)/p+1. The molecule has 2 heterocycles. The molecule has 0 bridgehead atoms. The van der Waals surface area contributed by atoms with Crippen molar-refractivity contribution in [2.45, 2.75) is 77.0 Å². The van der Waals surface area contributed by atoms with Crippen LogP contribution in [0.1, 0.15) is 87.7 Å². The number of hydrogen-bond donors (Lipinski definition) is 2. The molecule has 46 heavy (non-hydrogen) atoms. The van der Waals surface area contributed by atoms with Gasteiger partial charge in [-0.1, -0.05) is 38.1 Å². The van der Waals surface area contributed by atoms with Crippen LogP contribution >= 0.6 is 0 Å². The summed E-state index contributed by atoms with van der Waals surface area (Å²) in [5.74, 6) is -0.262. The Bertz CT molecular complexity index is 1830. The minimum atomic E-state index is -4.04. The third-order valence-corrected chi connectivity index (χ3v) is 11.1. The van der Waals surface area contributed by atoms with Crippen molar-refractivity contribution in [3.05, 3.63) is 83.1 Å². The highest BCUT2D eigenvalue weighted by molar-refractivity contribution is 7.86. The summed E-state index contributed by atoms with van der Waals surface area (Å²) in [6.45, 7) is 9.77. The molecule has 2 aliphatic heterocycles. The van der Waals surface area contributed by atoms with Crippen LogP contribution in [-0.4, -0.2) is 66.6 Å². The van der Waals surface area contributed by atoms with Crippen molar-refractivity contribution >= 4 is 43.1 Å². The van der Waals surface area contributed by atoms with E-state index < -0.39 is 25.7 Å². The maximum atomic E-state index is 13.0. The first-order valence-corrected chi connectivity index (χ1v) is 19.2. The van der Waals surface area contributed by atoms with E-state index in [2.05, 4.69) is 61.5 Å². The fourth-order valence-electron chi connectivity index (χ4n) is 6.87. The number of hydrogen-bond acceptors (Lipinski definition) is 6. The maximum Gasteiger partial charge on any atom is 0.264 e. The Morgan fingerprint density at radius 1 is 0.891 bits per heavy atom. The molecule has 2 N–H and O–H groups in total. The van der Waals surface area contributed by atoms with Crippen LogP contribution < -0.4 is 4.90 Å². The molecule has 248 valence electrons. The Morgan fingerprint density at radius 3 is 2.20 bits per heavy atom. The molecule has 9 nitrogen and oxygen atoms in total. The van der Waals surface area contributed by atoms with E-state index in [4.69, 9.17) is 0 Å². The van der Waals surface area contributed by atoms with Crippen molar-refractivity contribution in [2.24, 2.45) is 5.92 Å². The number of carbonyl (C=O) groups is 1. The highest BCUT2D eigenvalue weighted by atomic mass is 32.2. The number of allylic oxidation sites excluding steroid dienone is 4. The molecule has 0 radical (unpaired) electrons. The molecule has 0 amide bonds. The quantitative estimate of drug-likeness (QED) is 0.105. The third-order valence-electron chi connectivity index (χ3n) is 9.50. The number of nitrogens with zero attached hydrogens (tertiary/aromatic N) is 2. The predicted molar refractivity (Wildman–Crippen MR) is 182 cm³/mol. The van der Waals surface area contributed by atoms with Crippen LogP contribution in [-0.2, 0) is 31.1 Å². The molecule has 0 atom stereocenters. The zero-order valence-electron chi connectivity index (χ0n) is 27.1. The fourth-order valence-corrected chi connectivity index (χ4v) is 8.01. The summed E-state index contributed by atoms with van der Waals surface area (Å²) in [4.78, 5) is 15.2. The van der Waals surface area contributed by atoms with E-state index in [9.17, 15) is 30.7 Å².